The van der Waals surface area contributed by atoms with Crippen LogP contribution in [0.3, 0.4) is 0 Å². The maximum Gasteiger partial charge on any atom is 0.320 e. The predicted octanol–water partition coefficient (Wildman–Crippen LogP) is 3.96. The Kier molecular flexibility index (Phi) is 10.9. The number of aromatic nitrogens is 1. The molecule has 0 radical (unpaired) electrons. The van der Waals surface area contributed by atoms with Gasteiger partial charge in [0.15, 0.2) is 0 Å². The van der Waals surface area contributed by atoms with E-state index in [2.05, 4.69) is 22.8 Å². The van der Waals surface area contributed by atoms with Crippen molar-refractivity contribution < 1.29 is 29.3 Å². The van der Waals surface area contributed by atoms with E-state index in [1.54, 1.807) is 18.4 Å². The van der Waals surface area contributed by atoms with E-state index < -0.39 is 18.0 Å². The number of hydrogen-bond acceptors (Lipinski definition) is 8. The van der Waals surface area contributed by atoms with Crippen molar-refractivity contribution in [1.29, 1.82) is 0 Å². The van der Waals surface area contributed by atoms with Crippen LogP contribution in [0.15, 0.2) is 35.8 Å². The number of nitrogens with two attached hydrogens (primary N) is 1. The summed E-state index contributed by atoms with van der Waals surface area (Å²) in [7, 11) is 1.74. The lowest BCUT2D eigenvalue weighted by Gasteiger charge is -2.46. The monoisotopic (exact) mass is 533 g/mol. The van der Waals surface area contributed by atoms with Gasteiger partial charge in [0.2, 0.25) is 0 Å². The Hall–Kier alpha value is -2.53. The normalized spacial score (nSPS) is 21.1. The van der Waals surface area contributed by atoms with Gasteiger partial charge in [-0.25, -0.2) is 0 Å². The number of methoxy groups -OCH3 is 1. The van der Waals surface area contributed by atoms with E-state index in [4.69, 9.17) is 30.4 Å². The molecule has 10 heteroatoms. The molecule has 204 valence electrons. The third kappa shape index (κ3) is 8.23. The highest BCUT2D eigenvalue weighted by Gasteiger charge is 2.48. The van der Waals surface area contributed by atoms with Crippen molar-refractivity contribution in [2.45, 2.75) is 81.4 Å². The topological polar surface area (TPSA) is 144 Å². The number of carboxylic acids is 2. The SMILES string of the molecule is COc1ccsc1CNCC[C@@]1(c2ccccn2)CCOC2(CCCC2)C1.NC(CCC(=O)O)C(=O)O. The first kappa shape index (κ1) is 29.0. The second-order valence-corrected chi connectivity index (χ2v) is 10.9. The highest BCUT2D eigenvalue weighted by molar-refractivity contribution is 7.10. The van der Waals surface area contributed by atoms with Gasteiger partial charge < -0.3 is 30.7 Å². The lowest BCUT2D eigenvalue weighted by molar-refractivity contribution is -0.139. The Bertz CT molecular complexity index is 995. The molecule has 37 heavy (non-hydrogen) atoms. The summed E-state index contributed by atoms with van der Waals surface area (Å²) >= 11 is 1.75. The molecular weight excluding hydrogens is 494 g/mol. The summed E-state index contributed by atoms with van der Waals surface area (Å²) in [5, 5.41) is 22.0. The van der Waals surface area contributed by atoms with E-state index in [9.17, 15) is 9.59 Å². The van der Waals surface area contributed by atoms with Crippen molar-refractivity contribution in [2.24, 2.45) is 5.73 Å². The lowest BCUT2D eigenvalue weighted by Crippen LogP contribution is -2.47. The maximum atomic E-state index is 9.99. The lowest BCUT2D eigenvalue weighted by atomic mass is 9.68. The molecule has 4 rings (SSSR count). The molecule has 1 saturated carbocycles. The number of rotatable bonds is 11. The van der Waals surface area contributed by atoms with Gasteiger partial charge in [-0.2, -0.15) is 0 Å². The summed E-state index contributed by atoms with van der Waals surface area (Å²) in [4.78, 5) is 25.9. The smallest absolute Gasteiger partial charge is 0.320 e. The van der Waals surface area contributed by atoms with Gasteiger partial charge in [-0.1, -0.05) is 18.9 Å². The van der Waals surface area contributed by atoms with Crippen LogP contribution in [0.5, 0.6) is 5.75 Å². The van der Waals surface area contributed by atoms with Crippen LogP contribution >= 0.6 is 11.3 Å². The van der Waals surface area contributed by atoms with Gasteiger partial charge in [0, 0.05) is 36.9 Å². The first-order valence-electron chi connectivity index (χ1n) is 12.9. The van der Waals surface area contributed by atoms with E-state index in [0.29, 0.717) is 0 Å². The van der Waals surface area contributed by atoms with Crippen LogP contribution in [0.4, 0.5) is 0 Å². The molecule has 2 aromatic heterocycles. The molecule has 3 heterocycles. The van der Waals surface area contributed by atoms with Crippen molar-refractivity contribution in [3.05, 3.63) is 46.4 Å². The number of ether oxygens (including phenoxy) is 2. The Morgan fingerprint density at radius 1 is 1.24 bits per heavy atom. The third-order valence-corrected chi connectivity index (χ3v) is 8.25. The second kappa shape index (κ2) is 13.9. The standard InChI is InChI=1S/C22H30N2O2S.C5H9NO4/c1-25-18-7-15-27-19(18)16-23-13-10-21(20-6-2-5-12-24-20)11-14-26-22(17-21)8-3-4-9-22;6-3(5(9)10)1-2-4(7)8/h2,5-7,12,15,23H,3-4,8-11,13-14,16-17H2,1H3;3H,1-2,6H2,(H,7,8)(H,9,10)/t21-;/m1./s1. The summed E-state index contributed by atoms with van der Waals surface area (Å²) in [6, 6.07) is 7.35. The average molecular weight is 534 g/mol. The third-order valence-electron chi connectivity index (χ3n) is 7.35. The highest BCUT2D eigenvalue weighted by Crippen LogP contribution is 2.49. The largest absolute Gasteiger partial charge is 0.496 e. The summed E-state index contributed by atoms with van der Waals surface area (Å²) in [6.07, 6.45) is 10.0. The molecule has 0 aromatic carbocycles. The number of hydrogen-bond donors (Lipinski definition) is 4. The van der Waals surface area contributed by atoms with E-state index >= 15 is 0 Å². The molecule has 2 aromatic rings. The van der Waals surface area contributed by atoms with Crippen LogP contribution in [0.2, 0.25) is 0 Å². The molecule has 2 fully saturated rings. The Morgan fingerprint density at radius 2 is 2.03 bits per heavy atom. The molecule has 0 amide bonds. The van der Waals surface area contributed by atoms with Gasteiger partial charge in [-0.15, -0.1) is 11.3 Å². The number of carboxylic acid groups (broad SMARTS) is 2. The highest BCUT2D eigenvalue weighted by atomic mass is 32.1. The second-order valence-electron chi connectivity index (χ2n) is 9.88. The van der Waals surface area contributed by atoms with Crippen LogP contribution < -0.4 is 15.8 Å². The molecule has 2 atom stereocenters. The van der Waals surface area contributed by atoms with Crippen molar-refractivity contribution in [3.8, 4) is 5.75 Å². The van der Waals surface area contributed by atoms with Gasteiger partial charge in [0.1, 0.15) is 11.8 Å². The van der Waals surface area contributed by atoms with E-state index in [0.717, 1.165) is 44.7 Å². The molecule has 0 bridgehead atoms. The molecular formula is C27H39N3O6S. The fourth-order valence-electron chi connectivity index (χ4n) is 5.37. The van der Waals surface area contributed by atoms with Crippen LogP contribution in [0.1, 0.15) is 68.4 Å². The number of aliphatic carboxylic acids is 2. The fraction of sp³-hybridized carbons (Fsp3) is 0.593. The molecule has 1 aliphatic carbocycles. The first-order chi connectivity index (χ1) is 17.8. The van der Waals surface area contributed by atoms with Crippen molar-refractivity contribution in [3.63, 3.8) is 0 Å². The molecule has 1 saturated heterocycles. The fourth-order valence-corrected chi connectivity index (χ4v) is 6.18. The Labute approximate surface area is 222 Å². The number of nitrogens with zero attached hydrogens (tertiary/aromatic N) is 1. The van der Waals surface area contributed by atoms with Crippen LogP contribution in [0, 0.1) is 0 Å². The number of pyridine rings is 1. The molecule has 2 aliphatic rings. The van der Waals surface area contributed by atoms with Gasteiger partial charge >= 0.3 is 11.9 Å². The van der Waals surface area contributed by atoms with Crippen molar-refractivity contribution in [2.75, 3.05) is 20.3 Å². The number of nitrogens with one attached hydrogen (secondary N) is 1. The molecule has 1 spiro atoms. The Morgan fingerprint density at radius 3 is 2.68 bits per heavy atom. The zero-order valence-electron chi connectivity index (χ0n) is 21.5. The summed E-state index contributed by atoms with van der Waals surface area (Å²) < 4.78 is 11.8. The van der Waals surface area contributed by atoms with Gasteiger partial charge in [0.05, 0.1) is 17.6 Å². The Balaban J connectivity index is 0.000000325. The zero-order valence-corrected chi connectivity index (χ0v) is 22.3. The average Bonchev–Trinajstić information content (AvgIpc) is 3.55. The van der Waals surface area contributed by atoms with E-state index in [1.165, 1.54) is 36.3 Å². The summed E-state index contributed by atoms with van der Waals surface area (Å²) in [6.45, 7) is 2.70. The molecule has 5 N–H and O–H groups in total. The van der Waals surface area contributed by atoms with Crippen LogP contribution in [-0.4, -0.2) is 59.0 Å². The molecule has 1 aliphatic heterocycles. The minimum absolute atomic E-state index is 0.0231. The summed E-state index contributed by atoms with van der Waals surface area (Å²) in [5.41, 5.74) is 6.46. The van der Waals surface area contributed by atoms with Crippen LogP contribution in [0.25, 0.3) is 0 Å². The van der Waals surface area contributed by atoms with E-state index in [1.807, 2.05) is 18.3 Å². The quantitative estimate of drug-likeness (QED) is 0.316. The van der Waals surface area contributed by atoms with Crippen LogP contribution in [-0.2, 0) is 26.3 Å². The number of thiophene rings is 1. The van der Waals surface area contributed by atoms with Gasteiger partial charge in [-0.3, -0.25) is 14.6 Å². The minimum atomic E-state index is -1.17. The molecule has 9 nitrogen and oxygen atoms in total. The minimum Gasteiger partial charge on any atom is -0.496 e. The number of carbonyl (C=O) groups is 2. The van der Waals surface area contributed by atoms with Crippen molar-refractivity contribution in [1.82, 2.24) is 10.3 Å². The predicted molar refractivity (Wildman–Crippen MR) is 142 cm³/mol. The zero-order chi connectivity index (χ0) is 26.7. The summed E-state index contributed by atoms with van der Waals surface area (Å²) in [5.74, 6) is -1.21. The molecule has 1 unspecified atom stereocenters. The maximum absolute atomic E-state index is 9.99. The van der Waals surface area contributed by atoms with Gasteiger partial charge in [0.25, 0.3) is 0 Å². The first-order valence-corrected chi connectivity index (χ1v) is 13.7. The van der Waals surface area contributed by atoms with E-state index in [-0.39, 0.29) is 23.9 Å². The van der Waals surface area contributed by atoms with Gasteiger partial charge in [-0.05, 0) is 68.6 Å². The van der Waals surface area contributed by atoms with Crippen molar-refractivity contribution >= 4 is 23.3 Å².